The first kappa shape index (κ1) is 13.2. The Morgan fingerprint density at radius 1 is 1.06 bits per heavy atom. The van der Waals surface area contributed by atoms with Gasteiger partial charge in [0.2, 0.25) is 0 Å². The zero-order chi connectivity index (χ0) is 12.7. The minimum atomic E-state index is -0.222. The lowest BCUT2D eigenvalue weighted by atomic mass is 9.99. The van der Waals surface area contributed by atoms with Gasteiger partial charge in [0.25, 0.3) is 0 Å². The highest BCUT2D eigenvalue weighted by Crippen LogP contribution is 2.22. The molecule has 0 aromatic heterocycles. The van der Waals surface area contributed by atoms with Gasteiger partial charge in [-0.1, -0.05) is 49.1 Å². The lowest BCUT2D eigenvalue weighted by molar-refractivity contribution is 0.627. The third kappa shape index (κ3) is 3.56. The number of rotatable bonds is 4. The van der Waals surface area contributed by atoms with Crippen molar-refractivity contribution >= 4 is 5.57 Å². The third-order valence-electron chi connectivity index (χ3n) is 2.37. The summed E-state index contributed by atoms with van der Waals surface area (Å²) in [7, 11) is 0. The third-order valence-corrected chi connectivity index (χ3v) is 2.37. The lowest BCUT2D eigenvalue weighted by Crippen LogP contribution is -1.86. The molecule has 88 valence electrons. The zero-order valence-electron chi connectivity index (χ0n) is 10.3. The summed E-state index contributed by atoms with van der Waals surface area (Å²) in [5.41, 5.74) is 3.05. The van der Waals surface area contributed by atoms with E-state index in [0.29, 0.717) is 0 Å². The molecule has 0 nitrogen and oxygen atoms in total. The molecule has 0 amide bonds. The summed E-state index contributed by atoms with van der Waals surface area (Å²) >= 11 is 0. The number of hydrogen-bond acceptors (Lipinski definition) is 0. The normalized spacial score (nSPS) is 13.1. The average molecular weight is 228 g/mol. The maximum absolute atomic E-state index is 12.9. The number of benzene rings is 1. The second-order valence-electron chi connectivity index (χ2n) is 3.58. The molecule has 0 bridgehead atoms. The van der Waals surface area contributed by atoms with Crippen LogP contribution in [0.3, 0.4) is 0 Å². The van der Waals surface area contributed by atoms with E-state index in [0.717, 1.165) is 16.7 Å². The van der Waals surface area contributed by atoms with Crippen molar-refractivity contribution in [1.29, 1.82) is 0 Å². The average Bonchev–Trinajstić information content (AvgIpc) is 2.35. The van der Waals surface area contributed by atoms with Gasteiger partial charge in [0.15, 0.2) is 0 Å². The molecule has 0 aliphatic rings. The molecule has 17 heavy (non-hydrogen) atoms. The molecule has 1 rings (SSSR count). The molecule has 0 heterocycles. The second kappa shape index (κ2) is 6.64. The summed E-state index contributed by atoms with van der Waals surface area (Å²) in [6, 6.07) is 6.49. The standard InChI is InChI=1S/C16H17F/c1-4-7-13(6-3)16(8-5-2)14-9-11-15(17)12-10-14/h4-12H,3H2,1-2H3/b7-4+,8-5-,16-13-. The van der Waals surface area contributed by atoms with Crippen LogP contribution in [0.4, 0.5) is 4.39 Å². The van der Waals surface area contributed by atoms with Crippen LogP contribution in [0.15, 0.2) is 66.8 Å². The summed E-state index contributed by atoms with van der Waals surface area (Å²) in [5.74, 6) is -0.222. The van der Waals surface area contributed by atoms with Crippen LogP contribution >= 0.6 is 0 Å². The predicted molar refractivity (Wildman–Crippen MR) is 73.1 cm³/mol. The second-order valence-corrected chi connectivity index (χ2v) is 3.58. The highest BCUT2D eigenvalue weighted by Gasteiger charge is 2.02. The molecular formula is C16H17F. The van der Waals surface area contributed by atoms with Gasteiger partial charge >= 0.3 is 0 Å². The topological polar surface area (TPSA) is 0 Å². The van der Waals surface area contributed by atoms with E-state index in [2.05, 4.69) is 6.58 Å². The monoisotopic (exact) mass is 228 g/mol. The van der Waals surface area contributed by atoms with E-state index in [-0.39, 0.29) is 5.82 Å². The number of halogens is 1. The fourth-order valence-electron chi connectivity index (χ4n) is 1.60. The van der Waals surface area contributed by atoms with Gasteiger partial charge in [0, 0.05) is 0 Å². The van der Waals surface area contributed by atoms with Gasteiger partial charge in [-0.15, -0.1) is 0 Å². The molecule has 0 saturated carbocycles. The molecule has 0 fully saturated rings. The Morgan fingerprint density at radius 2 is 1.65 bits per heavy atom. The molecule has 0 N–H and O–H groups in total. The van der Waals surface area contributed by atoms with E-state index in [9.17, 15) is 4.39 Å². The van der Waals surface area contributed by atoms with Crippen molar-refractivity contribution in [3.05, 3.63) is 78.2 Å². The molecule has 0 unspecified atom stereocenters. The summed E-state index contributed by atoms with van der Waals surface area (Å²) in [4.78, 5) is 0. The van der Waals surface area contributed by atoms with Gasteiger partial charge < -0.3 is 0 Å². The Kier molecular flexibility index (Phi) is 5.15. The smallest absolute Gasteiger partial charge is 0.123 e. The SMILES string of the molecule is C=CC(/C=C/C)=C(\C=C/C)c1ccc(F)cc1. The fraction of sp³-hybridized carbons (Fsp3) is 0.125. The summed E-state index contributed by atoms with van der Waals surface area (Å²) in [5, 5.41) is 0. The van der Waals surface area contributed by atoms with Crippen LogP contribution in [0.25, 0.3) is 5.57 Å². The Labute approximate surface area is 102 Å². The van der Waals surface area contributed by atoms with Crippen molar-refractivity contribution in [3.8, 4) is 0 Å². The van der Waals surface area contributed by atoms with Gasteiger partial charge in [-0.2, -0.15) is 0 Å². The van der Waals surface area contributed by atoms with Crippen LogP contribution in [0.2, 0.25) is 0 Å². The van der Waals surface area contributed by atoms with Crippen LogP contribution < -0.4 is 0 Å². The van der Waals surface area contributed by atoms with Gasteiger partial charge in [0.05, 0.1) is 0 Å². The molecule has 1 heteroatoms. The van der Waals surface area contributed by atoms with Crippen molar-refractivity contribution in [2.24, 2.45) is 0 Å². The molecule has 0 aliphatic carbocycles. The zero-order valence-corrected chi connectivity index (χ0v) is 10.3. The predicted octanol–water partition coefficient (Wildman–Crippen LogP) is 4.92. The van der Waals surface area contributed by atoms with E-state index in [1.807, 2.05) is 38.2 Å². The van der Waals surface area contributed by atoms with Crippen molar-refractivity contribution in [2.45, 2.75) is 13.8 Å². The van der Waals surface area contributed by atoms with Gasteiger partial charge in [-0.25, -0.2) is 4.39 Å². The quantitative estimate of drug-likeness (QED) is 0.642. The van der Waals surface area contributed by atoms with Crippen molar-refractivity contribution in [3.63, 3.8) is 0 Å². The molecule has 1 aromatic rings. The Hall–Kier alpha value is -1.89. The van der Waals surface area contributed by atoms with E-state index in [1.54, 1.807) is 18.2 Å². The maximum Gasteiger partial charge on any atom is 0.123 e. The van der Waals surface area contributed by atoms with Crippen molar-refractivity contribution < 1.29 is 4.39 Å². The van der Waals surface area contributed by atoms with Crippen molar-refractivity contribution in [1.82, 2.24) is 0 Å². The van der Waals surface area contributed by atoms with Crippen LogP contribution in [-0.4, -0.2) is 0 Å². The van der Waals surface area contributed by atoms with E-state index in [4.69, 9.17) is 0 Å². The van der Waals surface area contributed by atoms with Crippen LogP contribution in [0.5, 0.6) is 0 Å². The first-order chi connectivity index (χ1) is 8.22. The highest BCUT2D eigenvalue weighted by atomic mass is 19.1. The molecule has 0 radical (unpaired) electrons. The van der Waals surface area contributed by atoms with Crippen molar-refractivity contribution in [2.75, 3.05) is 0 Å². The molecule has 0 aliphatic heterocycles. The van der Waals surface area contributed by atoms with Crippen LogP contribution in [0, 0.1) is 5.82 Å². The number of allylic oxidation sites excluding steroid dienone is 7. The lowest BCUT2D eigenvalue weighted by Gasteiger charge is -2.06. The first-order valence-electron chi connectivity index (χ1n) is 5.61. The van der Waals surface area contributed by atoms with Crippen LogP contribution in [0.1, 0.15) is 19.4 Å². The van der Waals surface area contributed by atoms with E-state index >= 15 is 0 Å². The highest BCUT2D eigenvalue weighted by molar-refractivity contribution is 5.80. The molecule has 0 saturated heterocycles. The van der Waals surface area contributed by atoms with Gasteiger partial charge in [-0.05, 0) is 42.7 Å². The van der Waals surface area contributed by atoms with Crippen LogP contribution in [-0.2, 0) is 0 Å². The molecule has 1 aromatic carbocycles. The summed E-state index contributed by atoms with van der Waals surface area (Å²) < 4.78 is 12.9. The van der Waals surface area contributed by atoms with E-state index < -0.39 is 0 Å². The van der Waals surface area contributed by atoms with Gasteiger partial charge in [-0.3, -0.25) is 0 Å². The largest absolute Gasteiger partial charge is 0.207 e. The molecular weight excluding hydrogens is 211 g/mol. The maximum atomic E-state index is 12.9. The Balaban J connectivity index is 3.34. The molecule has 0 spiro atoms. The molecule has 0 atom stereocenters. The minimum Gasteiger partial charge on any atom is -0.207 e. The Morgan fingerprint density at radius 3 is 2.12 bits per heavy atom. The summed E-state index contributed by atoms with van der Waals surface area (Å²) in [6.07, 6.45) is 9.73. The fourth-order valence-corrected chi connectivity index (χ4v) is 1.60. The Bertz CT molecular complexity index is 459. The summed E-state index contributed by atoms with van der Waals surface area (Å²) in [6.45, 7) is 7.73. The minimum absolute atomic E-state index is 0.222. The number of hydrogen-bond donors (Lipinski definition) is 0. The first-order valence-corrected chi connectivity index (χ1v) is 5.61. The van der Waals surface area contributed by atoms with Gasteiger partial charge in [0.1, 0.15) is 5.82 Å². The van der Waals surface area contributed by atoms with E-state index in [1.165, 1.54) is 12.1 Å².